The summed E-state index contributed by atoms with van der Waals surface area (Å²) < 4.78 is 5.75. The molecule has 126 valence electrons. The van der Waals surface area contributed by atoms with E-state index in [-0.39, 0.29) is 5.91 Å². The van der Waals surface area contributed by atoms with Gasteiger partial charge in [-0.3, -0.25) is 4.79 Å². The van der Waals surface area contributed by atoms with E-state index < -0.39 is 0 Å². The van der Waals surface area contributed by atoms with Crippen LogP contribution >= 0.6 is 23.2 Å². The zero-order valence-electron chi connectivity index (χ0n) is 13.4. The van der Waals surface area contributed by atoms with E-state index in [1.165, 1.54) is 5.56 Å². The van der Waals surface area contributed by atoms with Gasteiger partial charge in [0.1, 0.15) is 11.5 Å². The van der Waals surface area contributed by atoms with E-state index in [1.54, 1.807) is 42.5 Å². The summed E-state index contributed by atoms with van der Waals surface area (Å²) in [5.74, 6) is 1.15. The molecule has 0 bridgehead atoms. The highest BCUT2D eigenvalue weighted by Crippen LogP contribution is 2.26. The Labute approximate surface area is 156 Å². The van der Waals surface area contributed by atoms with E-state index in [4.69, 9.17) is 27.9 Å². The van der Waals surface area contributed by atoms with E-state index in [9.17, 15) is 4.79 Å². The van der Waals surface area contributed by atoms with E-state index in [2.05, 4.69) is 5.32 Å². The van der Waals surface area contributed by atoms with Gasteiger partial charge in [0.15, 0.2) is 0 Å². The number of amides is 1. The van der Waals surface area contributed by atoms with Crippen molar-refractivity contribution in [1.29, 1.82) is 0 Å². The summed E-state index contributed by atoms with van der Waals surface area (Å²) in [5.41, 5.74) is 2.18. The molecule has 0 spiro atoms. The van der Waals surface area contributed by atoms with Crippen LogP contribution in [0.4, 0.5) is 5.69 Å². The molecule has 1 amide bonds. The maximum Gasteiger partial charge on any atom is 0.255 e. The molecule has 0 radical (unpaired) electrons. The summed E-state index contributed by atoms with van der Waals surface area (Å²) in [6, 6.07) is 19.6. The first-order chi connectivity index (χ1) is 12.0. The number of benzene rings is 3. The first-order valence-corrected chi connectivity index (χ1v) is 8.38. The van der Waals surface area contributed by atoms with Crippen LogP contribution in [0.3, 0.4) is 0 Å². The molecule has 0 unspecified atom stereocenters. The molecule has 0 heterocycles. The number of aryl methyl sites for hydroxylation is 1. The van der Waals surface area contributed by atoms with Crippen LogP contribution in [0, 0.1) is 6.92 Å². The minimum absolute atomic E-state index is 0.258. The Morgan fingerprint density at radius 3 is 2.08 bits per heavy atom. The standard InChI is InChI=1S/C20H15Cl2NO2/c1-13-2-7-16(8-3-13)25-17-9-4-14(5-10-17)20(24)23-19-11-6-15(21)12-18(19)22/h2-12H,1H3,(H,23,24). The van der Waals surface area contributed by atoms with Gasteiger partial charge < -0.3 is 10.1 Å². The third-order valence-corrected chi connectivity index (χ3v) is 4.10. The molecule has 5 heteroatoms. The second kappa shape index (κ2) is 7.60. The normalized spacial score (nSPS) is 10.4. The molecule has 0 aliphatic heterocycles. The lowest BCUT2D eigenvalue weighted by Gasteiger charge is -2.09. The highest BCUT2D eigenvalue weighted by atomic mass is 35.5. The van der Waals surface area contributed by atoms with Crippen LogP contribution in [0.2, 0.25) is 10.0 Å². The minimum Gasteiger partial charge on any atom is -0.457 e. The zero-order chi connectivity index (χ0) is 17.8. The number of hydrogen-bond donors (Lipinski definition) is 1. The second-order valence-electron chi connectivity index (χ2n) is 5.52. The smallest absolute Gasteiger partial charge is 0.255 e. The van der Waals surface area contributed by atoms with Gasteiger partial charge in [0.25, 0.3) is 5.91 Å². The lowest BCUT2D eigenvalue weighted by Crippen LogP contribution is -2.12. The van der Waals surface area contributed by atoms with Gasteiger partial charge >= 0.3 is 0 Å². The minimum atomic E-state index is -0.258. The monoisotopic (exact) mass is 371 g/mol. The number of carbonyl (C=O) groups is 1. The van der Waals surface area contributed by atoms with Gasteiger partial charge in [-0.2, -0.15) is 0 Å². The van der Waals surface area contributed by atoms with Gasteiger partial charge in [-0.05, 0) is 61.5 Å². The first kappa shape index (κ1) is 17.3. The number of nitrogens with one attached hydrogen (secondary N) is 1. The molecule has 25 heavy (non-hydrogen) atoms. The molecule has 0 saturated carbocycles. The fourth-order valence-corrected chi connectivity index (χ4v) is 2.66. The number of halogens is 2. The van der Waals surface area contributed by atoms with Crippen molar-refractivity contribution >= 4 is 34.8 Å². The molecule has 0 aliphatic carbocycles. The molecule has 0 saturated heterocycles. The highest BCUT2D eigenvalue weighted by Gasteiger charge is 2.09. The second-order valence-corrected chi connectivity index (χ2v) is 6.36. The van der Waals surface area contributed by atoms with Crippen molar-refractivity contribution in [2.45, 2.75) is 6.92 Å². The number of carbonyl (C=O) groups excluding carboxylic acids is 1. The SMILES string of the molecule is Cc1ccc(Oc2ccc(C(=O)Nc3ccc(Cl)cc3Cl)cc2)cc1. The van der Waals surface area contributed by atoms with Gasteiger partial charge in [-0.25, -0.2) is 0 Å². The lowest BCUT2D eigenvalue weighted by atomic mass is 10.2. The lowest BCUT2D eigenvalue weighted by molar-refractivity contribution is 0.102. The molecular weight excluding hydrogens is 357 g/mol. The summed E-state index contributed by atoms with van der Waals surface area (Å²) in [7, 11) is 0. The molecular formula is C20H15Cl2NO2. The summed E-state index contributed by atoms with van der Waals surface area (Å²) in [4.78, 5) is 12.3. The van der Waals surface area contributed by atoms with E-state index in [0.29, 0.717) is 27.0 Å². The maximum atomic E-state index is 12.3. The fourth-order valence-electron chi connectivity index (χ4n) is 2.20. The highest BCUT2D eigenvalue weighted by molar-refractivity contribution is 6.36. The fraction of sp³-hybridized carbons (Fsp3) is 0.0500. The Bertz CT molecular complexity index is 891. The molecule has 3 nitrogen and oxygen atoms in total. The summed E-state index contributed by atoms with van der Waals surface area (Å²) >= 11 is 11.9. The Balaban J connectivity index is 1.68. The van der Waals surface area contributed by atoms with Crippen LogP contribution in [0.15, 0.2) is 66.7 Å². The average Bonchev–Trinajstić information content (AvgIpc) is 2.60. The molecule has 3 rings (SSSR count). The molecule has 0 atom stereocenters. The van der Waals surface area contributed by atoms with E-state index >= 15 is 0 Å². The molecule has 0 aromatic heterocycles. The maximum absolute atomic E-state index is 12.3. The molecule has 3 aromatic carbocycles. The van der Waals surface area contributed by atoms with Crippen molar-refractivity contribution < 1.29 is 9.53 Å². The Kier molecular flexibility index (Phi) is 5.27. The summed E-state index contributed by atoms with van der Waals surface area (Å²) in [5, 5.41) is 3.66. The van der Waals surface area contributed by atoms with Crippen LogP contribution in [-0.4, -0.2) is 5.91 Å². The van der Waals surface area contributed by atoms with Gasteiger partial charge in [0.05, 0.1) is 10.7 Å². The van der Waals surface area contributed by atoms with E-state index in [0.717, 1.165) is 5.75 Å². The van der Waals surface area contributed by atoms with Crippen molar-refractivity contribution in [2.75, 3.05) is 5.32 Å². The third-order valence-electron chi connectivity index (χ3n) is 3.55. The van der Waals surface area contributed by atoms with Gasteiger partial charge in [-0.15, -0.1) is 0 Å². The van der Waals surface area contributed by atoms with Crippen molar-refractivity contribution in [3.05, 3.63) is 87.9 Å². The average molecular weight is 372 g/mol. The molecule has 0 aliphatic rings. The molecule has 0 fully saturated rings. The Hall–Kier alpha value is -2.49. The number of ether oxygens (including phenoxy) is 1. The van der Waals surface area contributed by atoms with Gasteiger partial charge in [-0.1, -0.05) is 40.9 Å². The van der Waals surface area contributed by atoms with Crippen LogP contribution in [0.5, 0.6) is 11.5 Å². The predicted molar refractivity (Wildman–Crippen MR) is 102 cm³/mol. The van der Waals surface area contributed by atoms with Crippen molar-refractivity contribution in [2.24, 2.45) is 0 Å². The first-order valence-electron chi connectivity index (χ1n) is 7.62. The Morgan fingerprint density at radius 2 is 1.48 bits per heavy atom. The van der Waals surface area contributed by atoms with Crippen LogP contribution in [0.1, 0.15) is 15.9 Å². The van der Waals surface area contributed by atoms with Crippen LogP contribution in [-0.2, 0) is 0 Å². The number of hydrogen-bond acceptors (Lipinski definition) is 2. The summed E-state index contributed by atoms with van der Waals surface area (Å²) in [6.45, 7) is 2.02. The third kappa shape index (κ3) is 4.53. The van der Waals surface area contributed by atoms with Gasteiger partial charge in [0, 0.05) is 10.6 Å². The van der Waals surface area contributed by atoms with E-state index in [1.807, 2.05) is 31.2 Å². The van der Waals surface area contributed by atoms with Crippen molar-refractivity contribution in [3.63, 3.8) is 0 Å². The van der Waals surface area contributed by atoms with Gasteiger partial charge in [0.2, 0.25) is 0 Å². The quantitative estimate of drug-likeness (QED) is 0.580. The predicted octanol–water partition coefficient (Wildman–Crippen LogP) is 6.35. The molecule has 1 N–H and O–H groups in total. The zero-order valence-corrected chi connectivity index (χ0v) is 14.9. The molecule has 3 aromatic rings. The number of anilines is 1. The number of rotatable bonds is 4. The van der Waals surface area contributed by atoms with Crippen LogP contribution in [0.25, 0.3) is 0 Å². The largest absolute Gasteiger partial charge is 0.457 e. The summed E-state index contributed by atoms with van der Waals surface area (Å²) in [6.07, 6.45) is 0. The van der Waals surface area contributed by atoms with Crippen molar-refractivity contribution in [3.8, 4) is 11.5 Å². The topological polar surface area (TPSA) is 38.3 Å². The van der Waals surface area contributed by atoms with Crippen LogP contribution < -0.4 is 10.1 Å². The van der Waals surface area contributed by atoms with Crippen molar-refractivity contribution in [1.82, 2.24) is 0 Å². The Morgan fingerprint density at radius 1 is 0.880 bits per heavy atom.